The first kappa shape index (κ1) is 24.2. The number of hydrogen-bond donors (Lipinski definition) is 2. The van der Waals surface area contributed by atoms with E-state index in [1.807, 2.05) is 51.7 Å². The Labute approximate surface area is 236 Å². The van der Waals surface area contributed by atoms with Gasteiger partial charge in [0.2, 0.25) is 0 Å². The van der Waals surface area contributed by atoms with Gasteiger partial charge in [0.15, 0.2) is 5.79 Å². The van der Waals surface area contributed by atoms with Crippen LogP contribution in [0.25, 0.3) is 44.6 Å². The molecule has 0 radical (unpaired) electrons. The van der Waals surface area contributed by atoms with E-state index in [1.54, 1.807) is 18.5 Å². The first-order valence-corrected chi connectivity index (χ1v) is 13.8. The Balaban J connectivity index is 1.27. The fraction of sp³-hybridized carbons (Fsp3) is 0.182. The number of pyridine rings is 2. The number of nitrogens with two attached hydrogens (primary N) is 1. The van der Waals surface area contributed by atoms with Crippen LogP contribution < -0.4 is 10.1 Å². The highest BCUT2D eigenvalue weighted by atomic mass is 16.7. The summed E-state index contributed by atoms with van der Waals surface area (Å²) in [5, 5.41) is 15.7. The van der Waals surface area contributed by atoms with Crippen molar-refractivity contribution in [1.29, 1.82) is 0 Å². The first-order chi connectivity index (χ1) is 20.0. The molecular formula is C33H28N5O3+. The normalized spacial score (nSPS) is 17.3. The maximum absolute atomic E-state index is 10.1. The van der Waals surface area contributed by atoms with Crippen LogP contribution in [0.5, 0.6) is 5.75 Å². The van der Waals surface area contributed by atoms with Gasteiger partial charge < -0.3 is 20.3 Å². The van der Waals surface area contributed by atoms with Gasteiger partial charge in [-0.25, -0.2) is 9.38 Å². The Hall–Kier alpha value is -4.63. The van der Waals surface area contributed by atoms with Crippen LogP contribution in [-0.4, -0.2) is 38.9 Å². The minimum Gasteiger partial charge on any atom is -0.508 e. The van der Waals surface area contributed by atoms with Crippen molar-refractivity contribution in [2.75, 3.05) is 13.2 Å². The number of aromatic nitrogens is 4. The predicted molar refractivity (Wildman–Crippen MR) is 154 cm³/mol. The van der Waals surface area contributed by atoms with Gasteiger partial charge in [0.25, 0.3) is 12.0 Å². The summed E-state index contributed by atoms with van der Waals surface area (Å²) < 4.78 is 15.5. The van der Waals surface area contributed by atoms with Crippen LogP contribution in [0, 0.1) is 0 Å². The zero-order chi connectivity index (χ0) is 27.6. The smallest absolute Gasteiger partial charge is 0.280 e. The number of aromatic hydroxyl groups is 1. The number of fused-ring (bicyclic) bond motifs is 3. The van der Waals surface area contributed by atoms with Gasteiger partial charge in [0, 0.05) is 35.1 Å². The molecule has 0 bridgehead atoms. The summed E-state index contributed by atoms with van der Waals surface area (Å²) in [6.45, 7) is 1.26. The lowest BCUT2D eigenvalue weighted by Crippen LogP contribution is -2.60. The first-order valence-electron chi connectivity index (χ1n) is 13.8. The van der Waals surface area contributed by atoms with Gasteiger partial charge in [-0.2, -0.15) is 0 Å². The van der Waals surface area contributed by atoms with E-state index in [1.165, 1.54) is 0 Å². The third kappa shape index (κ3) is 3.91. The van der Waals surface area contributed by atoms with Gasteiger partial charge >= 0.3 is 0 Å². The second kappa shape index (κ2) is 8.94. The van der Waals surface area contributed by atoms with Crippen molar-refractivity contribution >= 4 is 16.6 Å². The highest BCUT2D eigenvalue weighted by Gasteiger charge is 2.57. The van der Waals surface area contributed by atoms with Crippen molar-refractivity contribution in [3.05, 3.63) is 109 Å². The number of nitrogens with zero attached hydrogens (tertiary/aromatic N) is 4. The fourth-order valence-electron chi connectivity index (χ4n) is 6.32. The largest absolute Gasteiger partial charge is 0.508 e. The molecule has 1 aliphatic heterocycles. The number of phenolic OH excluding ortho intramolecular Hbond substituents is 1. The molecule has 1 saturated heterocycles. The Morgan fingerprint density at radius 3 is 2.39 bits per heavy atom. The van der Waals surface area contributed by atoms with Crippen LogP contribution in [0.4, 0.5) is 0 Å². The molecule has 3 aromatic heterocycles. The molecular weight excluding hydrogens is 514 g/mol. The van der Waals surface area contributed by atoms with E-state index in [0.717, 1.165) is 50.2 Å². The average molecular weight is 543 g/mol. The zero-order valence-corrected chi connectivity index (χ0v) is 22.3. The highest BCUT2D eigenvalue weighted by molar-refractivity contribution is 5.97. The topological polar surface area (TPSA) is 99.5 Å². The van der Waals surface area contributed by atoms with E-state index in [4.69, 9.17) is 20.2 Å². The molecule has 2 aliphatic rings. The van der Waals surface area contributed by atoms with Crippen molar-refractivity contribution < 1.29 is 19.0 Å². The van der Waals surface area contributed by atoms with E-state index in [9.17, 15) is 5.11 Å². The van der Waals surface area contributed by atoms with E-state index < -0.39 is 11.3 Å². The summed E-state index contributed by atoms with van der Waals surface area (Å²) in [5.41, 5.74) is 13.8. The molecule has 8 heteroatoms. The Morgan fingerprint density at radius 2 is 1.63 bits per heavy atom. The Kier molecular flexibility index (Phi) is 5.27. The van der Waals surface area contributed by atoms with Crippen LogP contribution in [0.2, 0.25) is 0 Å². The summed E-state index contributed by atoms with van der Waals surface area (Å²) in [6, 6.07) is 30.0. The standard InChI is InChI=1S/C33H27N5O3/c34-32(19-33(20-32)40-15-16-41-33)24-11-9-23(10-12-24)30-27(22-5-2-1-3-6-22)18-28-29(36-30)13-14-37-21-35-38(31(28)37)25-7-4-8-26(39)17-25/h1-14,17-18,21H,15-16,19-20,34H2/p+1. The van der Waals surface area contributed by atoms with Gasteiger partial charge in [0.05, 0.1) is 41.5 Å². The van der Waals surface area contributed by atoms with Crippen molar-refractivity contribution in [2.45, 2.75) is 24.2 Å². The molecule has 6 aromatic rings. The van der Waals surface area contributed by atoms with Gasteiger partial charge in [-0.05, 0) is 35.4 Å². The maximum atomic E-state index is 10.1. The quantitative estimate of drug-likeness (QED) is 0.308. The molecule has 8 nitrogen and oxygen atoms in total. The summed E-state index contributed by atoms with van der Waals surface area (Å²) >= 11 is 0. The number of hydrogen-bond acceptors (Lipinski definition) is 6. The lowest BCUT2D eigenvalue weighted by Gasteiger charge is -2.50. The van der Waals surface area contributed by atoms with E-state index >= 15 is 0 Å². The third-order valence-electron chi connectivity index (χ3n) is 8.30. The van der Waals surface area contributed by atoms with Crippen molar-refractivity contribution in [2.24, 2.45) is 5.73 Å². The number of phenols is 1. The number of benzene rings is 3. The van der Waals surface area contributed by atoms with Crippen molar-refractivity contribution in [1.82, 2.24) is 14.8 Å². The van der Waals surface area contributed by atoms with E-state index in [0.29, 0.717) is 26.1 Å². The molecule has 0 unspecified atom stereocenters. The molecule has 0 amide bonds. The second-order valence-electron chi connectivity index (χ2n) is 11.0. The molecule has 1 saturated carbocycles. The van der Waals surface area contributed by atoms with E-state index in [2.05, 4.69) is 47.6 Å². The minimum atomic E-state index is -0.512. The third-order valence-corrected chi connectivity index (χ3v) is 8.30. The zero-order valence-electron chi connectivity index (χ0n) is 22.3. The van der Waals surface area contributed by atoms with Crippen LogP contribution in [0.1, 0.15) is 18.4 Å². The lowest BCUT2D eigenvalue weighted by atomic mass is 9.68. The van der Waals surface area contributed by atoms with Crippen molar-refractivity contribution in [3.63, 3.8) is 0 Å². The number of rotatable bonds is 4. The molecule has 8 rings (SSSR count). The van der Waals surface area contributed by atoms with Gasteiger partial charge in [0.1, 0.15) is 11.4 Å². The monoisotopic (exact) mass is 542 g/mol. The summed E-state index contributed by atoms with van der Waals surface area (Å²) in [6.07, 6.45) is 5.04. The molecule has 41 heavy (non-hydrogen) atoms. The summed E-state index contributed by atoms with van der Waals surface area (Å²) in [4.78, 5) is 5.21. The SMILES string of the molecule is NC1(c2ccc(-c3nc4cc[n+]5cnn(-c6cccc(O)c6)c5c4cc3-c3ccccc3)cc2)CC2(C1)OCCO2. The van der Waals surface area contributed by atoms with E-state index in [-0.39, 0.29) is 5.75 Å². The Morgan fingerprint density at radius 1 is 0.854 bits per heavy atom. The molecule has 1 spiro atoms. The van der Waals surface area contributed by atoms with Gasteiger partial charge in [-0.1, -0.05) is 65.3 Å². The molecule has 2 fully saturated rings. The summed E-state index contributed by atoms with van der Waals surface area (Å²) in [5.74, 6) is -0.327. The highest BCUT2D eigenvalue weighted by Crippen LogP contribution is 2.51. The average Bonchev–Trinajstić information content (AvgIpc) is 3.65. The maximum Gasteiger partial charge on any atom is 0.280 e. The second-order valence-corrected chi connectivity index (χ2v) is 11.0. The predicted octanol–water partition coefficient (Wildman–Crippen LogP) is 4.89. The molecule has 3 N–H and O–H groups in total. The van der Waals surface area contributed by atoms with Gasteiger partial charge in [-0.15, -0.1) is 0 Å². The van der Waals surface area contributed by atoms with Crippen molar-refractivity contribution in [3.8, 4) is 33.8 Å². The lowest BCUT2D eigenvalue weighted by molar-refractivity contribution is -0.511. The van der Waals surface area contributed by atoms with Crippen LogP contribution in [-0.2, 0) is 15.0 Å². The molecule has 202 valence electrons. The van der Waals surface area contributed by atoms with Crippen LogP contribution in [0.3, 0.4) is 0 Å². The summed E-state index contributed by atoms with van der Waals surface area (Å²) in [7, 11) is 0. The molecule has 4 heterocycles. The minimum absolute atomic E-state index is 0.185. The van der Waals surface area contributed by atoms with Crippen LogP contribution in [0.15, 0.2) is 104 Å². The molecule has 0 atom stereocenters. The molecule has 1 aliphatic carbocycles. The van der Waals surface area contributed by atoms with Gasteiger partial charge in [-0.3, -0.25) is 0 Å². The Bertz CT molecular complexity index is 1920. The fourth-order valence-corrected chi connectivity index (χ4v) is 6.32. The number of ether oxygens (including phenoxy) is 2. The molecule has 3 aromatic carbocycles. The van der Waals surface area contributed by atoms with Crippen LogP contribution >= 0.6 is 0 Å².